The molecule has 1 aliphatic carbocycles. The first-order valence-electron chi connectivity index (χ1n) is 7.97. The highest BCUT2D eigenvalue weighted by molar-refractivity contribution is 6.30. The maximum Gasteiger partial charge on any atom is 0.317 e. The van der Waals surface area contributed by atoms with Crippen molar-refractivity contribution in [2.45, 2.75) is 32.2 Å². The summed E-state index contributed by atoms with van der Waals surface area (Å²) >= 11 is 5.87. The third-order valence-corrected chi connectivity index (χ3v) is 5.55. The summed E-state index contributed by atoms with van der Waals surface area (Å²) in [6, 6.07) is 7.00. The number of carboxylic acids is 1. The molecule has 124 valence electrons. The fourth-order valence-corrected chi connectivity index (χ4v) is 4.03. The van der Waals surface area contributed by atoms with E-state index in [0.29, 0.717) is 24.5 Å². The molecule has 1 aliphatic heterocycles. The van der Waals surface area contributed by atoms with Crippen LogP contribution in [-0.4, -0.2) is 35.1 Å². The molecular formula is C17H21ClN2O3. The van der Waals surface area contributed by atoms with Crippen LogP contribution >= 0.6 is 11.6 Å². The average molecular weight is 337 g/mol. The number of amides is 2. The van der Waals surface area contributed by atoms with Gasteiger partial charge in [-0.3, -0.25) is 4.79 Å². The quantitative estimate of drug-likeness (QED) is 0.889. The number of benzene rings is 1. The lowest BCUT2D eigenvalue weighted by Gasteiger charge is -2.24. The monoisotopic (exact) mass is 336 g/mol. The molecular weight excluding hydrogens is 316 g/mol. The number of fused-ring (bicyclic) bond motifs is 1. The molecule has 0 radical (unpaired) electrons. The number of likely N-dealkylation sites (tertiary alicyclic amines) is 1. The van der Waals surface area contributed by atoms with Crippen molar-refractivity contribution in [2.75, 3.05) is 13.1 Å². The van der Waals surface area contributed by atoms with Crippen molar-refractivity contribution >= 4 is 23.6 Å². The van der Waals surface area contributed by atoms with Gasteiger partial charge in [0.15, 0.2) is 0 Å². The van der Waals surface area contributed by atoms with Gasteiger partial charge < -0.3 is 15.3 Å². The lowest BCUT2D eigenvalue weighted by Crippen LogP contribution is -2.42. The van der Waals surface area contributed by atoms with E-state index in [0.717, 1.165) is 18.4 Å². The fourth-order valence-electron chi connectivity index (χ4n) is 3.90. The second kappa shape index (κ2) is 6.04. The van der Waals surface area contributed by atoms with Gasteiger partial charge in [-0.05, 0) is 43.4 Å². The summed E-state index contributed by atoms with van der Waals surface area (Å²) in [7, 11) is 0. The normalized spacial score (nSPS) is 27.6. The van der Waals surface area contributed by atoms with E-state index in [1.54, 1.807) is 17.0 Å². The lowest BCUT2D eigenvalue weighted by atomic mass is 9.81. The molecule has 2 N–H and O–H groups in total. The standard InChI is InChI=1S/C17H21ClN2O3/c1-11(12-4-6-14(18)7-5-12)19-16(23)20-9-13-3-2-8-17(13,10-20)15(21)22/h4-7,11,13H,2-3,8-10H2,1H3,(H,19,23)(H,21,22)/t11-,13+,17-/m1/s1. The second-order valence-corrected chi connectivity index (χ2v) is 7.09. The molecule has 6 heteroatoms. The molecule has 0 bridgehead atoms. The molecule has 3 rings (SSSR count). The molecule has 0 aromatic heterocycles. The molecule has 1 saturated heterocycles. The van der Waals surface area contributed by atoms with Crippen molar-refractivity contribution in [1.29, 1.82) is 0 Å². The number of halogens is 1. The summed E-state index contributed by atoms with van der Waals surface area (Å²) in [6.07, 6.45) is 2.50. The predicted octanol–water partition coefficient (Wildman–Crippen LogP) is 3.30. The number of hydrogen-bond acceptors (Lipinski definition) is 2. The van der Waals surface area contributed by atoms with E-state index >= 15 is 0 Å². The zero-order valence-electron chi connectivity index (χ0n) is 13.1. The number of hydrogen-bond donors (Lipinski definition) is 2. The molecule has 0 unspecified atom stereocenters. The molecule has 5 nitrogen and oxygen atoms in total. The Balaban J connectivity index is 1.65. The van der Waals surface area contributed by atoms with Gasteiger partial charge in [0, 0.05) is 18.1 Å². The fraction of sp³-hybridized carbons (Fsp3) is 0.529. The van der Waals surface area contributed by atoms with E-state index in [-0.39, 0.29) is 18.0 Å². The second-order valence-electron chi connectivity index (χ2n) is 6.65. The molecule has 2 amide bonds. The Morgan fingerprint density at radius 3 is 2.70 bits per heavy atom. The molecule has 1 saturated carbocycles. The van der Waals surface area contributed by atoms with Gasteiger partial charge in [-0.2, -0.15) is 0 Å². The van der Waals surface area contributed by atoms with Gasteiger partial charge in [0.1, 0.15) is 0 Å². The van der Waals surface area contributed by atoms with Crippen molar-refractivity contribution in [1.82, 2.24) is 10.2 Å². The number of carboxylic acid groups (broad SMARTS) is 1. The number of nitrogens with one attached hydrogen (secondary N) is 1. The average Bonchev–Trinajstić information content (AvgIpc) is 3.05. The summed E-state index contributed by atoms with van der Waals surface area (Å²) in [5.41, 5.74) is 0.232. The summed E-state index contributed by atoms with van der Waals surface area (Å²) in [6.45, 7) is 2.75. The molecule has 3 atom stereocenters. The third-order valence-electron chi connectivity index (χ3n) is 5.29. The van der Waals surface area contributed by atoms with Gasteiger partial charge in [0.25, 0.3) is 0 Å². The van der Waals surface area contributed by atoms with Gasteiger partial charge in [0.2, 0.25) is 0 Å². The van der Waals surface area contributed by atoms with Crippen LogP contribution in [0.25, 0.3) is 0 Å². The number of rotatable bonds is 3. The summed E-state index contributed by atoms with van der Waals surface area (Å²) < 4.78 is 0. The number of aliphatic carboxylic acids is 1. The highest BCUT2D eigenvalue weighted by Crippen LogP contribution is 2.48. The zero-order chi connectivity index (χ0) is 16.6. The Labute approximate surface area is 140 Å². The van der Waals surface area contributed by atoms with Crippen LogP contribution in [0.15, 0.2) is 24.3 Å². The van der Waals surface area contributed by atoms with E-state index in [1.165, 1.54) is 0 Å². The van der Waals surface area contributed by atoms with Gasteiger partial charge in [-0.1, -0.05) is 30.2 Å². The van der Waals surface area contributed by atoms with Crippen LogP contribution in [0.4, 0.5) is 4.79 Å². The maximum atomic E-state index is 12.5. The van der Waals surface area contributed by atoms with E-state index in [2.05, 4.69) is 5.32 Å². The number of carbonyl (C=O) groups excluding carboxylic acids is 1. The molecule has 1 aromatic carbocycles. The van der Waals surface area contributed by atoms with Crippen molar-refractivity contribution in [3.05, 3.63) is 34.9 Å². The minimum Gasteiger partial charge on any atom is -0.481 e. The van der Waals surface area contributed by atoms with Gasteiger partial charge in [-0.25, -0.2) is 4.79 Å². The van der Waals surface area contributed by atoms with Crippen LogP contribution in [0.1, 0.15) is 37.8 Å². The number of urea groups is 1. The van der Waals surface area contributed by atoms with E-state index in [4.69, 9.17) is 11.6 Å². The SMILES string of the molecule is C[C@@H](NC(=O)N1C[C@@H]2CCC[C@@]2(C(=O)O)C1)c1ccc(Cl)cc1. The van der Waals surface area contributed by atoms with Gasteiger partial charge in [0.05, 0.1) is 11.5 Å². The number of carbonyl (C=O) groups is 2. The first-order chi connectivity index (χ1) is 10.9. The Bertz CT molecular complexity index is 619. The van der Waals surface area contributed by atoms with Crippen LogP contribution in [0.5, 0.6) is 0 Å². The third kappa shape index (κ3) is 2.90. The lowest BCUT2D eigenvalue weighted by molar-refractivity contribution is -0.149. The highest BCUT2D eigenvalue weighted by atomic mass is 35.5. The van der Waals surface area contributed by atoms with Crippen molar-refractivity contribution in [2.24, 2.45) is 11.3 Å². The van der Waals surface area contributed by atoms with Crippen LogP contribution in [0.2, 0.25) is 5.02 Å². The summed E-state index contributed by atoms with van der Waals surface area (Å²) in [5.74, 6) is -0.683. The summed E-state index contributed by atoms with van der Waals surface area (Å²) in [4.78, 5) is 25.8. The van der Waals surface area contributed by atoms with Gasteiger partial charge in [-0.15, -0.1) is 0 Å². The van der Waals surface area contributed by atoms with Crippen LogP contribution in [0, 0.1) is 11.3 Å². The molecule has 0 spiro atoms. The minimum absolute atomic E-state index is 0.0802. The van der Waals surface area contributed by atoms with Crippen molar-refractivity contribution in [3.63, 3.8) is 0 Å². The highest BCUT2D eigenvalue weighted by Gasteiger charge is 2.55. The molecule has 23 heavy (non-hydrogen) atoms. The molecule has 2 fully saturated rings. The first kappa shape index (κ1) is 16.1. The van der Waals surface area contributed by atoms with E-state index in [9.17, 15) is 14.7 Å². The largest absolute Gasteiger partial charge is 0.481 e. The van der Waals surface area contributed by atoms with Crippen molar-refractivity contribution < 1.29 is 14.7 Å². The Morgan fingerprint density at radius 1 is 1.39 bits per heavy atom. The Morgan fingerprint density at radius 2 is 2.09 bits per heavy atom. The van der Waals surface area contributed by atoms with Crippen molar-refractivity contribution in [3.8, 4) is 0 Å². The topological polar surface area (TPSA) is 69.6 Å². The molecule has 1 aromatic rings. The molecule has 1 heterocycles. The van der Waals surface area contributed by atoms with Crippen LogP contribution < -0.4 is 5.32 Å². The maximum absolute atomic E-state index is 12.5. The van der Waals surface area contributed by atoms with E-state index in [1.807, 2.05) is 19.1 Å². The van der Waals surface area contributed by atoms with Crippen LogP contribution in [-0.2, 0) is 4.79 Å². The zero-order valence-corrected chi connectivity index (χ0v) is 13.8. The first-order valence-corrected chi connectivity index (χ1v) is 8.34. The predicted molar refractivity (Wildman–Crippen MR) is 87.4 cm³/mol. The van der Waals surface area contributed by atoms with E-state index < -0.39 is 11.4 Å². The smallest absolute Gasteiger partial charge is 0.317 e. The Kier molecular flexibility index (Phi) is 4.23. The molecule has 2 aliphatic rings. The van der Waals surface area contributed by atoms with Crippen LogP contribution in [0.3, 0.4) is 0 Å². The number of nitrogens with zero attached hydrogens (tertiary/aromatic N) is 1. The van der Waals surface area contributed by atoms with Gasteiger partial charge >= 0.3 is 12.0 Å². The Hall–Kier alpha value is -1.75. The minimum atomic E-state index is -0.763. The summed E-state index contributed by atoms with van der Waals surface area (Å²) in [5, 5.41) is 13.2.